The Labute approximate surface area is 101 Å². The van der Waals surface area contributed by atoms with Gasteiger partial charge in [0.2, 0.25) is 0 Å². The molecule has 0 fully saturated rings. The molecule has 0 aliphatic rings. The van der Waals surface area contributed by atoms with E-state index < -0.39 is 0 Å². The highest BCUT2D eigenvalue weighted by atomic mass is 16.5. The normalized spacial score (nSPS) is 11.4. The third-order valence-electron chi connectivity index (χ3n) is 2.51. The van der Waals surface area contributed by atoms with E-state index in [0.29, 0.717) is 18.5 Å². The zero-order valence-electron chi connectivity index (χ0n) is 10.4. The van der Waals surface area contributed by atoms with Crippen LogP contribution in [-0.2, 0) is 16.1 Å². The van der Waals surface area contributed by atoms with E-state index in [4.69, 9.17) is 0 Å². The SMILES string of the molecule is CCC(=CCn1ccc(C)cc1=O)C(=O)OC. The van der Waals surface area contributed by atoms with Gasteiger partial charge in [0.1, 0.15) is 0 Å². The molecular weight excluding hydrogens is 218 g/mol. The summed E-state index contributed by atoms with van der Waals surface area (Å²) in [5.41, 5.74) is 1.44. The van der Waals surface area contributed by atoms with E-state index in [-0.39, 0.29) is 11.5 Å². The van der Waals surface area contributed by atoms with Crippen LogP contribution in [0.25, 0.3) is 0 Å². The Hall–Kier alpha value is -1.84. The number of carbonyl (C=O) groups is 1. The van der Waals surface area contributed by atoms with E-state index in [1.54, 1.807) is 22.9 Å². The van der Waals surface area contributed by atoms with Crippen LogP contribution in [0.3, 0.4) is 0 Å². The maximum absolute atomic E-state index is 11.6. The van der Waals surface area contributed by atoms with Crippen LogP contribution in [0.15, 0.2) is 34.8 Å². The van der Waals surface area contributed by atoms with Gasteiger partial charge in [0.15, 0.2) is 0 Å². The Morgan fingerprint density at radius 1 is 1.53 bits per heavy atom. The van der Waals surface area contributed by atoms with E-state index in [1.807, 2.05) is 19.9 Å². The fraction of sp³-hybridized carbons (Fsp3) is 0.385. The van der Waals surface area contributed by atoms with E-state index >= 15 is 0 Å². The molecule has 92 valence electrons. The molecule has 0 unspecified atom stereocenters. The zero-order chi connectivity index (χ0) is 12.8. The first-order valence-corrected chi connectivity index (χ1v) is 5.53. The predicted octanol–water partition coefficient (Wildman–Crippen LogP) is 1.67. The number of methoxy groups -OCH3 is 1. The van der Waals surface area contributed by atoms with Crippen molar-refractivity contribution in [2.24, 2.45) is 0 Å². The molecule has 17 heavy (non-hydrogen) atoms. The minimum Gasteiger partial charge on any atom is -0.466 e. The molecule has 4 nitrogen and oxygen atoms in total. The molecule has 0 atom stereocenters. The summed E-state index contributed by atoms with van der Waals surface area (Å²) in [4.78, 5) is 22.9. The van der Waals surface area contributed by atoms with Crippen molar-refractivity contribution in [3.63, 3.8) is 0 Å². The average molecular weight is 235 g/mol. The van der Waals surface area contributed by atoms with Gasteiger partial charge in [-0.15, -0.1) is 0 Å². The van der Waals surface area contributed by atoms with Crippen molar-refractivity contribution in [3.05, 3.63) is 45.9 Å². The number of carbonyl (C=O) groups excluding carboxylic acids is 1. The molecule has 0 amide bonds. The zero-order valence-corrected chi connectivity index (χ0v) is 10.4. The minimum absolute atomic E-state index is 0.0680. The Morgan fingerprint density at radius 3 is 2.76 bits per heavy atom. The number of hydrogen-bond acceptors (Lipinski definition) is 3. The second kappa shape index (κ2) is 6.03. The van der Waals surface area contributed by atoms with Crippen molar-refractivity contribution in [1.29, 1.82) is 0 Å². The Bertz CT molecular complexity index is 486. The minimum atomic E-state index is -0.340. The molecule has 0 spiro atoms. The largest absolute Gasteiger partial charge is 0.466 e. The fourth-order valence-corrected chi connectivity index (χ4v) is 1.47. The molecule has 0 N–H and O–H groups in total. The maximum Gasteiger partial charge on any atom is 0.333 e. The van der Waals surface area contributed by atoms with Gasteiger partial charge in [0.05, 0.1) is 7.11 Å². The maximum atomic E-state index is 11.6. The first kappa shape index (κ1) is 13.2. The summed E-state index contributed by atoms with van der Waals surface area (Å²) in [7, 11) is 1.35. The lowest BCUT2D eigenvalue weighted by Crippen LogP contribution is -2.18. The summed E-state index contributed by atoms with van der Waals surface area (Å²) in [6, 6.07) is 3.43. The van der Waals surface area contributed by atoms with Crippen LogP contribution in [0.4, 0.5) is 0 Å². The van der Waals surface area contributed by atoms with Crippen molar-refractivity contribution in [3.8, 4) is 0 Å². The Morgan fingerprint density at radius 2 is 2.24 bits per heavy atom. The van der Waals surface area contributed by atoms with E-state index in [1.165, 1.54) is 7.11 Å². The highest BCUT2D eigenvalue weighted by molar-refractivity contribution is 5.88. The van der Waals surface area contributed by atoms with Crippen LogP contribution in [0.2, 0.25) is 0 Å². The average Bonchev–Trinajstić information content (AvgIpc) is 2.31. The number of aromatic nitrogens is 1. The summed E-state index contributed by atoms with van der Waals surface area (Å²) in [5, 5.41) is 0. The molecule has 1 aromatic rings. The summed E-state index contributed by atoms with van der Waals surface area (Å²) < 4.78 is 6.19. The number of hydrogen-bond donors (Lipinski definition) is 0. The van der Waals surface area contributed by atoms with Gasteiger partial charge in [-0.1, -0.05) is 13.0 Å². The summed E-state index contributed by atoms with van der Waals surface area (Å²) in [6.45, 7) is 4.13. The van der Waals surface area contributed by atoms with Gasteiger partial charge in [0, 0.05) is 24.4 Å². The first-order valence-electron chi connectivity index (χ1n) is 5.53. The second-order valence-electron chi connectivity index (χ2n) is 3.77. The van der Waals surface area contributed by atoms with Gasteiger partial charge >= 0.3 is 5.97 Å². The number of nitrogens with zero attached hydrogens (tertiary/aromatic N) is 1. The summed E-state index contributed by atoms with van der Waals surface area (Å²) in [6.07, 6.45) is 4.04. The number of aryl methyl sites for hydroxylation is 1. The molecule has 0 saturated carbocycles. The number of pyridine rings is 1. The highest BCUT2D eigenvalue weighted by Gasteiger charge is 2.06. The van der Waals surface area contributed by atoms with Crippen LogP contribution < -0.4 is 5.56 Å². The van der Waals surface area contributed by atoms with Crippen LogP contribution in [0.1, 0.15) is 18.9 Å². The molecule has 0 radical (unpaired) electrons. The third kappa shape index (κ3) is 3.59. The molecule has 0 aliphatic carbocycles. The summed E-state index contributed by atoms with van der Waals surface area (Å²) >= 11 is 0. The molecule has 1 heterocycles. The lowest BCUT2D eigenvalue weighted by molar-refractivity contribution is -0.136. The van der Waals surface area contributed by atoms with E-state index in [9.17, 15) is 9.59 Å². The second-order valence-corrected chi connectivity index (χ2v) is 3.77. The van der Waals surface area contributed by atoms with Crippen molar-refractivity contribution < 1.29 is 9.53 Å². The third-order valence-corrected chi connectivity index (χ3v) is 2.51. The molecule has 0 aliphatic heterocycles. The Balaban J connectivity index is 2.88. The number of esters is 1. The molecule has 0 aromatic carbocycles. The monoisotopic (exact) mass is 235 g/mol. The number of ether oxygens (including phenoxy) is 1. The number of allylic oxidation sites excluding steroid dienone is 1. The van der Waals surface area contributed by atoms with Crippen LogP contribution >= 0.6 is 0 Å². The molecule has 4 heteroatoms. The van der Waals surface area contributed by atoms with E-state index in [0.717, 1.165) is 5.56 Å². The van der Waals surface area contributed by atoms with Crippen molar-refractivity contribution >= 4 is 5.97 Å². The molecule has 1 aromatic heterocycles. The summed E-state index contributed by atoms with van der Waals surface area (Å²) in [5.74, 6) is -0.340. The molecule has 0 bridgehead atoms. The van der Waals surface area contributed by atoms with Gasteiger partial charge in [-0.25, -0.2) is 4.79 Å². The van der Waals surface area contributed by atoms with Crippen molar-refractivity contribution in [2.45, 2.75) is 26.8 Å². The van der Waals surface area contributed by atoms with Crippen LogP contribution in [-0.4, -0.2) is 17.6 Å². The molecular formula is C13H17NO3. The highest BCUT2D eigenvalue weighted by Crippen LogP contribution is 2.03. The predicted molar refractivity (Wildman–Crippen MR) is 65.8 cm³/mol. The topological polar surface area (TPSA) is 48.3 Å². The van der Waals surface area contributed by atoms with E-state index in [2.05, 4.69) is 4.74 Å². The smallest absolute Gasteiger partial charge is 0.333 e. The van der Waals surface area contributed by atoms with Gasteiger partial charge in [-0.2, -0.15) is 0 Å². The first-order chi connectivity index (χ1) is 8.08. The van der Waals surface area contributed by atoms with Gasteiger partial charge in [-0.05, 0) is 25.0 Å². The Kier molecular flexibility index (Phi) is 4.69. The quantitative estimate of drug-likeness (QED) is 0.589. The lowest BCUT2D eigenvalue weighted by Gasteiger charge is -2.05. The fourth-order valence-electron chi connectivity index (χ4n) is 1.47. The van der Waals surface area contributed by atoms with Gasteiger partial charge in [-0.3, -0.25) is 4.79 Å². The van der Waals surface area contributed by atoms with Gasteiger partial charge in [0.25, 0.3) is 5.56 Å². The molecule has 0 saturated heterocycles. The van der Waals surface area contributed by atoms with Crippen molar-refractivity contribution in [1.82, 2.24) is 4.57 Å². The van der Waals surface area contributed by atoms with Crippen LogP contribution in [0, 0.1) is 6.92 Å². The van der Waals surface area contributed by atoms with Crippen LogP contribution in [0.5, 0.6) is 0 Å². The van der Waals surface area contributed by atoms with Crippen molar-refractivity contribution in [2.75, 3.05) is 7.11 Å². The molecule has 1 rings (SSSR count). The number of rotatable bonds is 4. The standard InChI is InChI=1S/C13H17NO3/c1-4-11(13(16)17-3)6-8-14-7-5-10(2)9-12(14)15/h5-7,9H,4,8H2,1-3H3. The lowest BCUT2D eigenvalue weighted by atomic mass is 10.2. The van der Waals surface area contributed by atoms with Gasteiger partial charge < -0.3 is 9.30 Å².